The van der Waals surface area contributed by atoms with Gasteiger partial charge in [-0.2, -0.15) is 0 Å². The molecule has 4 nitrogen and oxygen atoms in total. The molecule has 3 rings (SSSR count). The average molecular weight is 374 g/mol. The van der Waals surface area contributed by atoms with Crippen molar-refractivity contribution in [1.82, 2.24) is 0 Å². The highest BCUT2D eigenvalue weighted by molar-refractivity contribution is 8.03. The number of thioether (sulfide) groups is 1. The molecule has 0 unspecified atom stereocenters. The van der Waals surface area contributed by atoms with Crippen molar-refractivity contribution in [3.05, 3.63) is 64.2 Å². The lowest BCUT2D eigenvalue weighted by Crippen LogP contribution is -2.17. The molecular weight excluding hydrogens is 358 g/mol. The molecule has 1 heterocycles. The van der Waals surface area contributed by atoms with E-state index in [-0.39, 0.29) is 11.8 Å². The second kappa shape index (κ2) is 7.33. The first-order valence-electron chi connectivity index (χ1n) is 7.67. The van der Waals surface area contributed by atoms with Gasteiger partial charge in [0.2, 0.25) is 0 Å². The zero-order chi connectivity index (χ0) is 18.0. The lowest BCUT2D eigenvalue weighted by atomic mass is 10.2. The Morgan fingerprint density at radius 3 is 2.52 bits per heavy atom. The molecule has 0 saturated heterocycles. The van der Waals surface area contributed by atoms with Crippen LogP contribution < -0.4 is 9.64 Å². The molecule has 2 aromatic rings. The van der Waals surface area contributed by atoms with Crippen LogP contribution in [0.1, 0.15) is 19.4 Å². The number of ketones is 1. The summed E-state index contributed by atoms with van der Waals surface area (Å²) in [5.41, 5.74) is 1.97. The minimum absolute atomic E-state index is 0.0170. The number of nitrogens with zero attached hydrogens (tertiary/aromatic N) is 1. The first-order chi connectivity index (χ1) is 11.9. The van der Waals surface area contributed by atoms with Crippen LogP contribution in [0.3, 0.4) is 0 Å². The fourth-order valence-electron chi connectivity index (χ4n) is 2.53. The van der Waals surface area contributed by atoms with Gasteiger partial charge < -0.3 is 9.64 Å². The summed E-state index contributed by atoms with van der Waals surface area (Å²) in [5, 5.41) is 1.52. The van der Waals surface area contributed by atoms with E-state index >= 15 is 0 Å². The highest BCUT2D eigenvalue weighted by Gasteiger charge is 2.26. The van der Waals surface area contributed by atoms with Gasteiger partial charge in [-0.3, -0.25) is 9.59 Å². The number of carbonyl (C=O) groups is 2. The molecule has 0 radical (unpaired) electrons. The van der Waals surface area contributed by atoms with Crippen molar-refractivity contribution >= 4 is 40.8 Å². The summed E-state index contributed by atoms with van der Waals surface area (Å²) in [6.45, 7) is 3.48. The molecule has 0 bridgehead atoms. The maximum atomic E-state index is 11.6. The maximum Gasteiger partial charge on any atom is 0.308 e. The van der Waals surface area contributed by atoms with Crippen LogP contribution in [-0.4, -0.2) is 11.8 Å². The number of benzene rings is 2. The topological polar surface area (TPSA) is 46.6 Å². The van der Waals surface area contributed by atoms with E-state index in [1.807, 2.05) is 41.3 Å². The number of hydrogen-bond donors (Lipinski definition) is 0. The van der Waals surface area contributed by atoms with Crippen molar-refractivity contribution in [3.63, 3.8) is 0 Å². The minimum Gasteiger partial charge on any atom is -0.427 e. The number of allylic oxidation sites excluding steroid dienone is 1. The Hall–Kier alpha value is -2.24. The predicted octanol–water partition coefficient (Wildman–Crippen LogP) is 4.81. The third-order valence-corrected chi connectivity index (χ3v) is 4.91. The fraction of sp³-hybridized carbons (Fsp3) is 0.158. The predicted molar refractivity (Wildman–Crippen MR) is 100 cm³/mol. The molecule has 0 fully saturated rings. The molecule has 0 aromatic heterocycles. The number of ether oxygens (including phenoxy) is 1. The fourth-order valence-corrected chi connectivity index (χ4v) is 3.79. The van der Waals surface area contributed by atoms with E-state index in [4.69, 9.17) is 16.3 Å². The zero-order valence-corrected chi connectivity index (χ0v) is 15.4. The largest absolute Gasteiger partial charge is 0.427 e. The lowest BCUT2D eigenvalue weighted by molar-refractivity contribution is -0.131. The van der Waals surface area contributed by atoms with Crippen LogP contribution in [0.4, 0.5) is 5.69 Å². The van der Waals surface area contributed by atoms with E-state index in [2.05, 4.69) is 0 Å². The first-order valence-corrected chi connectivity index (χ1v) is 8.86. The SMILES string of the molecule is CC(=O)C=C1Sc2ccc(OC(C)=O)cc2N1Cc1ccc(Cl)cc1. The van der Waals surface area contributed by atoms with Crippen molar-refractivity contribution < 1.29 is 14.3 Å². The van der Waals surface area contributed by atoms with Gasteiger partial charge in [-0.1, -0.05) is 35.5 Å². The van der Waals surface area contributed by atoms with Gasteiger partial charge in [0, 0.05) is 35.5 Å². The summed E-state index contributed by atoms with van der Waals surface area (Å²) in [6, 6.07) is 13.0. The number of halogens is 1. The Balaban J connectivity index is 1.98. The standard InChI is InChI=1S/C19H16ClNO3S/c1-12(22)9-19-21(11-14-3-5-15(20)6-4-14)17-10-16(24-13(2)23)7-8-18(17)25-19/h3-10H,11H2,1-2H3. The Morgan fingerprint density at radius 1 is 1.16 bits per heavy atom. The quantitative estimate of drug-likeness (QED) is 0.437. The number of esters is 1. The van der Waals surface area contributed by atoms with Gasteiger partial charge >= 0.3 is 5.97 Å². The van der Waals surface area contributed by atoms with Crippen LogP contribution >= 0.6 is 23.4 Å². The van der Waals surface area contributed by atoms with Crippen LogP contribution in [0.2, 0.25) is 5.02 Å². The molecule has 0 saturated carbocycles. The van der Waals surface area contributed by atoms with Crippen molar-refractivity contribution in [1.29, 1.82) is 0 Å². The molecule has 128 valence electrons. The highest BCUT2D eigenvalue weighted by atomic mass is 35.5. The zero-order valence-electron chi connectivity index (χ0n) is 13.8. The summed E-state index contributed by atoms with van der Waals surface area (Å²) in [5.74, 6) is 0.100. The smallest absolute Gasteiger partial charge is 0.308 e. The first kappa shape index (κ1) is 17.6. The summed E-state index contributed by atoms with van der Waals surface area (Å²) in [4.78, 5) is 25.9. The molecule has 0 N–H and O–H groups in total. The molecule has 0 aliphatic carbocycles. The number of rotatable bonds is 4. The van der Waals surface area contributed by atoms with Crippen LogP contribution in [0.15, 0.2) is 58.5 Å². The number of carbonyl (C=O) groups excluding carboxylic acids is 2. The summed E-state index contributed by atoms with van der Waals surface area (Å²) in [6.07, 6.45) is 1.62. The second-order valence-electron chi connectivity index (χ2n) is 5.63. The van der Waals surface area contributed by atoms with E-state index in [0.29, 0.717) is 17.3 Å². The number of fused-ring (bicyclic) bond motifs is 1. The third-order valence-electron chi connectivity index (χ3n) is 3.54. The average Bonchev–Trinajstić information content (AvgIpc) is 2.85. The summed E-state index contributed by atoms with van der Waals surface area (Å²) < 4.78 is 5.19. The molecule has 1 aliphatic rings. The van der Waals surface area contributed by atoms with Gasteiger partial charge in [-0.25, -0.2) is 0 Å². The molecule has 1 aliphatic heterocycles. The highest BCUT2D eigenvalue weighted by Crippen LogP contribution is 2.48. The molecule has 6 heteroatoms. The Kier molecular flexibility index (Phi) is 5.16. The van der Waals surface area contributed by atoms with E-state index in [9.17, 15) is 9.59 Å². The van der Waals surface area contributed by atoms with Crippen LogP contribution in [0.25, 0.3) is 0 Å². The number of hydrogen-bond acceptors (Lipinski definition) is 5. The molecule has 2 aromatic carbocycles. The molecule has 0 spiro atoms. The molecular formula is C19H16ClNO3S. The minimum atomic E-state index is -0.366. The van der Waals surface area contributed by atoms with Crippen LogP contribution in [0, 0.1) is 0 Å². The van der Waals surface area contributed by atoms with Gasteiger partial charge in [0.1, 0.15) is 5.75 Å². The van der Waals surface area contributed by atoms with Crippen molar-refractivity contribution in [3.8, 4) is 5.75 Å². The van der Waals surface area contributed by atoms with E-state index in [1.54, 1.807) is 12.1 Å². The second-order valence-corrected chi connectivity index (χ2v) is 7.13. The Bertz CT molecular complexity index is 861. The molecule has 0 atom stereocenters. The maximum absolute atomic E-state index is 11.6. The van der Waals surface area contributed by atoms with Gasteiger partial charge in [-0.05, 0) is 36.8 Å². The monoisotopic (exact) mass is 373 g/mol. The normalized spacial score (nSPS) is 14.5. The third kappa shape index (κ3) is 4.24. The summed E-state index contributed by atoms with van der Waals surface area (Å²) >= 11 is 7.48. The van der Waals surface area contributed by atoms with Crippen LogP contribution in [-0.2, 0) is 16.1 Å². The van der Waals surface area contributed by atoms with E-state index in [0.717, 1.165) is 21.2 Å². The van der Waals surface area contributed by atoms with Gasteiger partial charge in [-0.15, -0.1) is 0 Å². The van der Waals surface area contributed by atoms with Gasteiger partial charge in [0.05, 0.1) is 10.7 Å². The van der Waals surface area contributed by atoms with Crippen LogP contribution in [0.5, 0.6) is 5.75 Å². The number of anilines is 1. The van der Waals surface area contributed by atoms with Crippen molar-refractivity contribution in [2.45, 2.75) is 25.3 Å². The van der Waals surface area contributed by atoms with Crippen molar-refractivity contribution in [2.24, 2.45) is 0 Å². The summed E-state index contributed by atoms with van der Waals surface area (Å²) in [7, 11) is 0. The Labute approximate surface area is 155 Å². The van der Waals surface area contributed by atoms with E-state index < -0.39 is 0 Å². The molecule has 0 amide bonds. The Morgan fingerprint density at radius 2 is 1.88 bits per heavy atom. The van der Waals surface area contributed by atoms with E-state index in [1.165, 1.54) is 25.6 Å². The van der Waals surface area contributed by atoms with Gasteiger partial charge in [0.25, 0.3) is 0 Å². The molecule has 25 heavy (non-hydrogen) atoms. The van der Waals surface area contributed by atoms with Crippen molar-refractivity contribution in [2.75, 3.05) is 4.90 Å². The lowest BCUT2D eigenvalue weighted by Gasteiger charge is -2.21. The van der Waals surface area contributed by atoms with Gasteiger partial charge in [0.15, 0.2) is 5.78 Å².